The molecule has 3 nitrogen and oxygen atoms in total. The molecule has 0 unspecified atom stereocenters. The minimum absolute atomic E-state index is 0.347. The van der Waals surface area contributed by atoms with Crippen molar-refractivity contribution in [2.24, 2.45) is 0 Å². The van der Waals surface area contributed by atoms with Gasteiger partial charge in [0, 0.05) is 11.2 Å². The second-order valence-electron chi connectivity index (χ2n) is 4.03. The lowest BCUT2D eigenvalue weighted by atomic mass is 10.3. The third-order valence-electron chi connectivity index (χ3n) is 2.77. The maximum absolute atomic E-state index is 6.05. The Labute approximate surface area is 120 Å². The highest BCUT2D eigenvalue weighted by Crippen LogP contribution is 2.28. The Balaban J connectivity index is 1.82. The molecule has 0 radical (unpaired) electrons. The molecule has 19 heavy (non-hydrogen) atoms. The van der Waals surface area contributed by atoms with Crippen molar-refractivity contribution >= 4 is 28.7 Å². The summed E-state index contributed by atoms with van der Waals surface area (Å²) >= 11 is 11.9. The molecule has 0 saturated carbocycles. The number of hydrogen-bond acceptors (Lipinski definition) is 2. The molecule has 0 N–H and O–H groups in total. The molecular formula is C14H10Cl2N2O. The smallest absolute Gasteiger partial charge is 0.151 e. The van der Waals surface area contributed by atoms with Crippen LogP contribution in [0.25, 0.3) is 5.52 Å². The predicted molar refractivity (Wildman–Crippen MR) is 76.0 cm³/mol. The molecule has 0 atom stereocenters. The van der Waals surface area contributed by atoms with Gasteiger partial charge in [0.15, 0.2) is 5.82 Å². The number of halogens is 2. The summed E-state index contributed by atoms with van der Waals surface area (Å²) in [5.41, 5.74) is 1.03. The molecule has 3 aromatic rings. The third kappa shape index (κ3) is 2.53. The lowest BCUT2D eigenvalue weighted by Gasteiger charge is -2.07. The fourth-order valence-electron chi connectivity index (χ4n) is 1.84. The molecule has 2 aromatic heterocycles. The molecule has 0 aliphatic rings. The van der Waals surface area contributed by atoms with Gasteiger partial charge in [-0.05, 0) is 30.3 Å². The van der Waals surface area contributed by atoms with Crippen LogP contribution in [0.3, 0.4) is 0 Å². The lowest BCUT2D eigenvalue weighted by Crippen LogP contribution is -2.01. The van der Waals surface area contributed by atoms with Crippen LogP contribution in [0.1, 0.15) is 5.82 Å². The highest BCUT2D eigenvalue weighted by atomic mass is 35.5. The fourth-order valence-corrected chi connectivity index (χ4v) is 2.30. The number of ether oxygens (including phenoxy) is 1. The molecular weight excluding hydrogens is 283 g/mol. The highest BCUT2D eigenvalue weighted by Gasteiger charge is 2.06. The van der Waals surface area contributed by atoms with Crippen LogP contribution in [-0.4, -0.2) is 9.38 Å². The van der Waals surface area contributed by atoms with Gasteiger partial charge in [0.2, 0.25) is 0 Å². The Morgan fingerprint density at radius 1 is 1.16 bits per heavy atom. The lowest BCUT2D eigenvalue weighted by molar-refractivity contribution is 0.295. The molecule has 0 bridgehead atoms. The van der Waals surface area contributed by atoms with Gasteiger partial charge in [0.1, 0.15) is 12.4 Å². The van der Waals surface area contributed by atoms with Crippen LogP contribution in [0.5, 0.6) is 5.75 Å². The summed E-state index contributed by atoms with van der Waals surface area (Å²) in [4.78, 5) is 4.33. The van der Waals surface area contributed by atoms with E-state index in [1.165, 1.54) is 0 Å². The minimum Gasteiger partial charge on any atom is -0.484 e. The summed E-state index contributed by atoms with van der Waals surface area (Å²) in [5.74, 6) is 1.42. The SMILES string of the molecule is Clc1ccc(OCc2ncc3ccccn23)c(Cl)c1. The first-order chi connectivity index (χ1) is 9.24. The van der Waals surface area contributed by atoms with E-state index in [1.807, 2.05) is 35.0 Å². The van der Waals surface area contributed by atoms with Gasteiger partial charge in [-0.1, -0.05) is 29.3 Å². The zero-order chi connectivity index (χ0) is 13.2. The molecule has 0 amide bonds. The first-order valence-electron chi connectivity index (χ1n) is 5.73. The summed E-state index contributed by atoms with van der Waals surface area (Å²) in [6.07, 6.45) is 3.76. The molecule has 0 saturated heterocycles. The normalized spacial score (nSPS) is 10.8. The maximum Gasteiger partial charge on any atom is 0.151 e. The molecule has 2 heterocycles. The van der Waals surface area contributed by atoms with Crippen molar-refractivity contribution in [2.45, 2.75) is 6.61 Å². The number of rotatable bonds is 3. The minimum atomic E-state index is 0.347. The van der Waals surface area contributed by atoms with E-state index in [2.05, 4.69) is 4.98 Å². The topological polar surface area (TPSA) is 26.5 Å². The van der Waals surface area contributed by atoms with E-state index in [9.17, 15) is 0 Å². The Morgan fingerprint density at radius 2 is 2.05 bits per heavy atom. The van der Waals surface area contributed by atoms with Crippen LogP contribution >= 0.6 is 23.2 Å². The maximum atomic E-state index is 6.05. The zero-order valence-electron chi connectivity index (χ0n) is 9.88. The van der Waals surface area contributed by atoms with E-state index < -0.39 is 0 Å². The monoisotopic (exact) mass is 292 g/mol. The van der Waals surface area contributed by atoms with Crippen molar-refractivity contribution in [2.75, 3.05) is 0 Å². The van der Waals surface area contributed by atoms with Crippen LogP contribution < -0.4 is 4.74 Å². The second-order valence-corrected chi connectivity index (χ2v) is 4.88. The average Bonchev–Trinajstić information content (AvgIpc) is 2.81. The van der Waals surface area contributed by atoms with Crippen molar-refractivity contribution in [3.63, 3.8) is 0 Å². The quantitative estimate of drug-likeness (QED) is 0.722. The van der Waals surface area contributed by atoms with E-state index in [0.29, 0.717) is 22.4 Å². The Bertz CT molecular complexity index is 724. The second kappa shape index (κ2) is 5.11. The van der Waals surface area contributed by atoms with Crippen LogP contribution in [0, 0.1) is 0 Å². The Hall–Kier alpha value is -1.71. The van der Waals surface area contributed by atoms with Crippen molar-refractivity contribution in [1.82, 2.24) is 9.38 Å². The first-order valence-corrected chi connectivity index (χ1v) is 6.48. The number of nitrogens with zero attached hydrogens (tertiary/aromatic N) is 2. The number of fused-ring (bicyclic) bond motifs is 1. The van der Waals surface area contributed by atoms with Crippen molar-refractivity contribution < 1.29 is 4.74 Å². The number of pyridine rings is 1. The van der Waals surface area contributed by atoms with E-state index in [0.717, 1.165) is 11.3 Å². The van der Waals surface area contributed by atoms with Gasteiger partial charge in [0.25, 0.3) is 0 Å². The van der Waals surface area contributed by atoms with Gasteiger partial charge in [-0.25, -0.2) is 4.98 Å². The first kappa shape index (κ1) is 12.3. The van der Waals surface area contributed by atoms with Gasteiger partial charge in [-0.2, -0.15) is 0 Å². The van der Waals surface area contributed by atoms with E-state index in [-0.39, 0.29) is 0 Å². The van der Waals surface area contributed by atoms with Gasteiger partial charge < -0.3 is 9.14 Å². The average molecular weight is 293 g/mol. The molecule has 0 aliphatic heterocycles. The number of hydrogen-bond donors (Lipinski definition) is 0. The van der Waals surface area contributed by atoms with Gasteiger partial charge in [0.05, 0.1) is 16.7 Å². The largest absolute Gasteiger partial charge is 0.484 e. The molecule has 3 rings (SSSR count). The van der Waals surface area contributed by atoms with Crippen molar-refractivity contribution in [3.05, 3.63) is 64.7 Å². The molecule has 0 spiro atoms. The summed E-state index contributed by atoms with van der Waals surface area (Å²) in [6.45, 7) is 0.347. The third-order valence-corrected chi connectivity index (χ3v) is 3.30. The summed E-state index contributed by atoms with van der Waals surface area (Å²) < 4.78 is 7.65. The molecule has 0 fully saturated rings. The van der Waals surface area contributed by atoms with E-state index in [4.69, 9.17) is 27.9 Å². The zero-order valence-corrected chi connectivity index (χ0v) is 11.4. The van der Waals surface area contributed by atoms with Crippen LogP contribution in [0.4, 0.5) is 0 Å². The van der Waals surface area contributed by atoms with Crippen molar-refractivity contribution in [3.8, 4) is 5.75 Å². The van der Waals surface area contributed by atoms with Gasteiger partial charge in [-0.15, -0.1) is 0 Å². The molecule has 0 aliphatic carbocycles. The standard InChI is InChI=1S/C14H10Cl2N2O/c15-10-4-5-13(12(16)7-10)19-9-14-17-8-11-3-1-2-6-18(11)14/h1-8H,9H2. The van der Waals surface area contributed by atoms with Crippen molar-refractivity contribution in [1.29, 1.82) is 0 Å². The highest BCUT2D eigenvalue weighted by molar-refractivity contribution is 6.35. The van der Waals surface area contributed by atoms with Crippen LogP contribution in [-0.2, 0) is 6.61 Å². The number of aromatic nitrogens is 2. The Kier molecular flexibility index (Phi) is 3.32. The van der Waals surface area contributed by atoms with E-state index >= 15 is 0 Å². The number of imidazole rings is 1. The number of benzene rings is 1. The summed E-state index contributed by atoms with van der Waals surface area (Å²) in [5, 5.41) is 1.08. The predicted octanol–water partition coefficient (Wildman–Crippen LogP) is 4.22. The fraction of sp³-hybridized carbons (Fsp3) is 0.0714. The van der Waals surface area contributed by atoms with Gasteiger partial charge in [-0.3, -0.25) is 0 Å². The van der Waals surface area contributed by atoms with Crippen LogP contribution in [0.2, 0.25) is 10.0 Å². The van der Waals surface area contributed by atoms with Crippen LogP contribution in [0.15, 0.2) is 48.8 Å². The molecule has 1 aromatic carbocycles. The molecule has 96 valence electrons. The molecule has 5 heteroatoms. The summed E-state index contributed by atoms with van der Waals surface area (Å²) in [7, 11) is 0. The van der Waals surface area contributed by atoms with E-state index in [1.54, 1.807) is 18.2 Å². The summed E-state index contributed by atoms with van der Waals surface area (Å²) in [6, 6.07) is 11.1. The Morgan fingerprint density at radius 3 is 2.89 bits per heavy atom. The van der Waals surface area contributed by atoms with Gasteiger partial charge >= 0.3 is 0 Å².